The van der Waals surface area contributed by atoms with Crippen molar-refractivity contribution < 1.29 is 14.3 Å². The summed E-state index contributed by atoms with van der Waals surface area (Å²) in [6.07, 6.45) is 1.55. The summed E-state index contributed by atoms with van der Waals surface area (Å²) in [4.78, 5) is 27.5. The van der Waals surface area contributed by atoms with Crippen molar-refractivity contribution in [2.45, 2.75) is 19.3 Å². The quantitative estimate of drug-likeness (QED) is 0.782. The summed E-state index contributed by atoms with van der Waals surface area (Å²) in [6.45, 7) is 1.52. The molecule has 5 nitrogen and oxygen atoms in total. The van der Waals surface area contributed by atoms with Crippen LogP contribution < -0.4 is 5.32 Å². The molecule has 1 atom stereocenters. The van der Waals surface area contributed by atoms with E-state index in [2.05, 4.69) is 10.3 Å². The van der Waals surface area contributed by atoms with Crippen LogP contribution in [-0.2, 0) is 14.3 Å². The Morgan fingerprint density at radius 3 is 2.62 bits per heavy atom. The van der Waals surface area contributed by atoms with E-state index >= 15 is 0 Å². The molecule has 24 heavy (non-hydrogen) atoms. The Balaban J connectivity index is 1.80. The van der Waals surface area contributed by atoms with Gasteiger partial charge in [0.15, 0.2) is 12.4 Å². The molecule has 2 aromatic rings. The zero-order valence-electron chi connectivity index (χ0n) is 13.0. The Kier molecular flexibility index (Phi) is 6.58. The summed E-state index contributed by atoms with van der Waals surface area (Å²) in [5, 5.41) is 3.03. The molecule has 126 valence electrons. The zero-order valence-corrected chi connectivity index (χ0v) is 14.5. The maximum atomic E-state index is 11.8. The predicted octanol–water partition coefficient (Wildman–Crippen LogP) is 4.06. The highest BCUT2D eigenvalue weighted by atomic mass is 35.5. The Hall–Kier alpha value is -2.11. The van der Waals surface area contributed by atoms with E-state index in [0.717, 1.165) is 5.56 Å². The molecule has 0 radical (unpaired) electrons. The van der Waals surface area contributed by atoms with Gasteiger partial charge in [-0.3, -0.25) is 9.59 Å². The minimum Gasteiger partial charge on any atom is -0.456 e. The van der Waals surface area contributed by atoms with Crippen LogP contribution in [0.5, 0.6) is 0 Å². The van der Waals surface area contributed by atoms with Crippen molar-refractivity contribution in [3.63, 3.8) is 0 Å². The molecule has 0 aliphatic carbocycles. The van der Waals surface area contributed by atoms with Gasteiger partial charge in [0.2, 0.25) is 0 Å². The van der Waals surface area contributed by atoms with E-state index in [4.69, 9.17) is 27.9 Å². The number of ether oxygens (including phenoxy) is 1. The first kappa shape index (κ1) is 18.2. The minimum atomic E-state index is -0.521. The van der Waals surface area contributed by atoms with Gasteiger partial charge in [0, 0.05) is 6.20 Å². The molecule has 1 aromatic carbocycles. The van der Waals surface area contributed by atoms with Crippen LogP contribution in [0.2, 0.25) is 10.0 Å². The third-order valence-electron chi connectivity index (χ3n) is 3.27. The first-order valence-corrected chi connectivity index (χ1v) is 8.02. The van der Waals surface area contributed by atoms with Gasteiger partial charge in [-0.25, -0.2) is 4.98 Å². The molecule has 0 aliphatic rings. The number of halogens is 2. The Labute approximate surface area is 149 Å². The lowest BCUT2D eigenvalue weighted by molar-refractivity contribution is -0.147. The normalized spacial score (nSPS) is 11.6. The smallest absolute Gasteiger partial charge is 0.306 e. The third-order valence-corrected chi connectivity index (χ3v) is 3.77. The van der Waals surface area contributed by atoms with Gasteiger partial charge >= 0.3 is 5.97 Å². The largest absolute Gasteiger partial charge is 0.456 e. The molecule has 0 saturated carbocycles. The average molecular weight is 367 g/mol. The summed E-state index contributed by atoms with van der Waals surface area (Å²) < 4.78 is 4.98. The van der Waals surface area contributed by atoms with E-state index in [9.17, 15) is 9.59 Å². The fourth-order valence-corrected chi connectivity index (χ4v) is 2.46. The average Bonchev–Trinajstić information content (AvgIpc) is 2.56. The maximum absolute atomic E-state index is 11.8. The number of nitrogens with one attached hydrogen (secondary N) is 1. The van der Waals surface area contributed by atoms with Gasteiger partial charge in [-0.05, 0) is 17.5 Å². The van der Waals surface area contributed by atoms with Crippen molar-refractivity contribution in [2.24, 2.45) is 0 Å². The molecule has 7 heteroatoms. The molecule has 2 rings (SSSR count). The van der Waals surface area contributed by atoms with Crippen LogP contribution in [0.15, 0.2) is 42.6 Å². The van der Waals surface area contributed by atoms with Gasteiger partial charge in [0.25, 0.3) is 5.91 Å². The number of carbonyl (C=O) groups excluding carboxylic acids is 2. The van der Waals surface area contributed by atoms with Crippen molar-refractivity contribution in [1.82, 2.24) is 4.98 Å². The lowest BCUT2D eigenvalue weighted by atomic mass is 9.98. The highest BCUT2D eigenvalue weighted by Crippen LogP contribution is 2.22. The topological polar surface area (TPSA) is 68.3 Å². The second-order valence-electron chi connectivity index (χ2n) is 5.21. The van der Waals surface area contributed by atoms with E-state index in [0.29, 0.717) is 5.02 Å². The Morgan fingerprint density at radius 1 is 1.25 bits per heavy atom. The number of amides is 1. The number of nitrogens with zero attached hydrogens (tertiary/aromatic N) is 1. The van der Waals surface area contributed by atoms with E-state index in [-0.39, 0.29) is 23.2 Å². The summed E-state index contributed by atoms with van der Waals surface area (Å²) >= 11 is 11.6. The number of rotatable bonds is 6. The fraction of sp³-hybridized carbons (Fsp3) is 0.235. The van der Waals surface area contributed by atoms with Crippen molar-refractivity contribution >= 4 is 40.9 Å². The molecule has 0 aliphatic heterocycles. The second kappa shape index (κ2) is 8.66. The highest BCUT2D eigenvalue weighted by molar-refractivity contribution is 6.36. The van der Waals surface area contributed by atoms with E-state index in [1.54, 1.807) is 0 Å². The van der Waals surface area contributed by atoms with E-state index < -0.39 is 18.5 Å². The van der Waals surface area contributed by atoms with Gasteiger partial charge in [-0.2, -0.15) is 0 Å². The van der Waals surface area contributed by atoms with Crippen LogP contribution in [0.1, 0.15) is 24.8 Å². The second-order valence-corrected chi connectivity index (χ2v) is 6.05. The highest BCUT2D eigenvalue weighted by Gasteiger charge is 2.14. The standard InChI is InChI=1S/C17H16Cl2N2O3/c1-11(12-5-3-2-4-6-12)7-16(23)24-10-15(22)21-17-14(19)8-13(18)9-20-17/h2-6,8-9,11H,7,10H2,1H3,(H,20,21,22)/t11-/m0/s1. The number of hydrogen-bond acceptors (Lipinski definition) is 4. The van der Waals surface area contributed by atoms with Crippen LogP contribution >= 0.6 is 23.2 Å². The Bertz CT molecular complexity index is 723. The number of carbonyl (C=O) groups is 2. The molecule has 1 heterocycles. The van der Waals surface area contributed by atoms with Crippen molar-refractivity contribution in [3.05, 3.63) is 58.2 Å². The first-order chi connectivity index (χ1) is 11.5. The molecule has 1 amide bonds. The summed E-state index contributed by atoms with van der Waals surface area (Å²) in [5.74, 6) is -0.794. The number of anilines is 1. The van der Waals surface area contributed by atoms with E-state index in [1.807, 2.05) is 37.3 Å². The fourth-order valence-electron chi connectivity index (χ4n) is 2.03. The van der Waals surface area contributed by atoms with Crippen LogP contribution in [-0.4, -0.2) is 23.5 Å². The van der Waals surface area contributed by atoms with E-state index in [1.165, 1.54) is 12.3 Å². The van der Waals surface area contributed by atoms with Crippen LogP contribution in [0, 0.1) is 0 Å². The van der Waals surface area contributed by atoms with Crippen molar-refractivity contribution in [2.75, 3.05) is 11.9 Å². The van der Waals surface area contributed by atoms with Crippen molar-refractivity contribution in [3.8, 4) is 0 Å². The van der Waals surface area contributed by atoms with Crippen molar-refractivity contribution in [1.29, 1.82) is 0 Å². The molecule has 0 bridgehead atoms. The third kappa shape index (κ3) is 5.51. The molecule has 1 N–H and O–H groups in total. The maximum Gasteiger partial charge on any atom is 0.306 e. The molecule has 0 spiro atoms. The van der Waals surface area contributed by atoms with Gasteiger partial charge < -0.3 is 10.1 Å². The van der Waals surface area contributed by atoms with Crippen LogP contribution in [0.25, 0.3) is 0 Å². The Morgan fingerprint density at radius 2 is 1.96 bits per heavy atom. The van der Waals surface area contributed by atoms with Gasteiger partial charge in [0.1, 0.15) is 0 Å². The monoisotopic (exact) mass is 366 g/mol. The summed E-state index contributed by atoms with van der Waals surface area (Å²) in [6, 6.07) is 11.1. The number of hydrogen-bond donors (Lipinski definition) is 1. The molecule has 0 unspecified atom stereocenters. The summed E-state index contributed by atoms with van der Waals surface area (Å²) in [5.41, 5.74) is 1.04. The zero-order chi connectivity index (χ0) is 17.5. The SMILES string of the molecule is C[C@@H](CC(=O)OCC(=O)Nc1ncc(Cl)cc1Cl)c1ccccc1. The summed E-state index contributed by atoms with van der Waals surface area (Å²) in [7, 11) is 0. The van der Waals surface area contributed by atoms with Crippen LogP contribution in [0.4, 0.5) is 5.82 Å². The van der Waals surface area contributed by atoms with Gasteiger partial charge in [0.05, 0.1) is 16.5 Å². The number of pyridine rings is 1. The molecule has 0 saturated heterocycles. The van der Waals surface area contributed by atoms with Crippen LogP contribution in [0.3, 0.4) is 0 Å². The number of esters is 1. The lowest BCUT2D eigenvalue weighted by Gasteiger charge is -2.11. The molecular weight excluding hydrogens is 351 g/mol. The number of aromatic nitrogens is 1. The number of benzene rings is 1. The lowest BCUT2D eigenvalue weighted by Crippen LogP contribution is -2.22. The molecule has 1 aromatic heterocycles. The van der Waals surface area contributed by atoms with Gasteiger partial charge in [-0.15, -0.1) is 0 Å². The van der Waals surface area contributed by atoms with Gasteiger partial charge in [-0.1, -0.05) is 60.5 Å². The first-order valence-electron chi connectivity index (χ1n) is 7.27. The predicted molar refractivity (Wildman–Crippen MR) is 93.3 cm³/mol. The minimum absolute atomic E-state index is 0.00846. The molecule has 0 fully saturated rings. The molecular formula is C17H16Cl2N2O3.